The molecule has 0 atom stereocenters. The topological polar surface area (TPSA) is 54.2 Å². The van der Waals surface area contributed by atoms with Gasteiger partial charge in [0.25, 0.3) is 0 Å². The van der Waals surface area contributed by atoms with Crippen LogP contribution in [0.25, 0.3) is 0 Å². The Morgan fingerprint density at radius 3 is 2.48 bits per heavy atom. The number of aromatic nitrogens is 2. The van der Waals surface area contributed by atoms with Gasteiger partial charge in [-0.15, -0.1) is 24.0 Å². The maximum absolute atomic E-state index is 4.27. The molecule has 126 valence electrons. The van der Waals surface area contributed by atoms with Crippen molar-refractivity contribution in [3.05, 3.63) is 53.9 Å². The molecule has 1 heterocycles. The Morgan fingerprint density at radius 2 is 1.91 bits per heavy atom. The number of halogens is 1. The third-order valence-corrected chi connectivity index (χ3v) is 3.69. The van der Waals surface area contributed by atoms with E-state index in [0.717, 1.165) is 18.1 Å². The second kappa shape index (κ2) is 8.90. The highest BCUT2D eigenvalue weighted by molar-refractivity contribution is 14.0. The highest BCUT2D eigenvalue weighted by Crippen LogP contribution is 2.21. The molecule has 2 N–H and O–H groups in total. The van der Waals surface area contributed by atoms with E-state index < -0.39 is 0 Å². The first kappa shape index (κ1) is 19.5. The molecular weight excluding hydrogens is 401 g/mol. The lowest BCUT2D eigenvalue weighted by Gasteiger charge is -2.26. The molecule has 0 radical (unpaired) electrons. The smallest absolute Gasteiger partial charge is 0.191 e. The molecule has 5 nitrogen and oxygen atoms in total. The Kier molecular flexibility index (Phi) is 7.54. The summed E-state index contributed by atoms with van der Waals surface area (Å²) >= 11 is 0. The van der Waals surface area contributed by atoms with Gasteiger partial charge in [-0.1, -0.05) is 44.2 Å². The lowest BCUT2D eigenvalue weighted by molar-refractivity contribution is 0.508. The molecule has 0 spiro atoms. The van der Waals surface area contributed by atoms with E-state index in [1.807, 2.05) is 25.5 Å². The second-order valence-electron chi connectivity index (χ2n) is 6.05. The second-order valence-corrected chi connectivity index (χ2v) is 6.05. The Labute approximate surface area is 155 Å². The molecule has 1 aromatic carbocycles. The molecule has 6 heteroatoms. The minimum Gasteiger partial charge on any atom is -0.356 e. The minimum atomic E-state index is 0. The Balaban J connectivity index is 0.00000264. The predicted molar refractivity (Wildman–Crippen MR) is 106 cm³/mol. The maximum Gasteiger partial charge on any atom is 0.191 e. The summed E-state index contributed by atoms with van der Waals surface area (Å²) < 4.78 is 1.80. The van der Waals surface area contributed by atoms with E-state index in [1.54, 1.807) is 11.7 Å². The third kappa shape index (κ3) is 5.85. The maximum atomic E-state index is 4.27. The van der Waals surface area contributed by atoms with Gasteiger partial charge in [0.1, 0.15) is 0 Å². The first-order valence-corrected chi connectivity index (χ1v) is 7.49. The average Bonchev–Trinajstić information content (AvgIpc) is 2.94. The number of benzene rings is 1. The van der Waals surface area contributed by atoms with Gasteiger partial charge in [0.05, 0.1) is 6.20 Å². The van der Waals surface area contributed by atoms with E-state index in [2.05, 4.69) is 58.8 Å². The first-order valence-electron chi connectivity index (χ1n) is 7.49. The fourth-order valence-corrected chi connectivity index (χ4v) is 2.27. The molecule has 2 aromatic rings. The van der Waals surface area contributed by atoms with Gasteiger partial charge in [-0.2, -0.15) is 5.10 Å². The van der Waals surface area contributed by atoms with Crippen molar-refractivity contribution in [1.29, 1.82) is 0 Å². The Morgan fingerprint density at radius 1 is 1.22 bits per heavy atom. The van der Waals surface area contributed by atoms with E-state index in [9.17, 15) is 0 Å². The fraction of sp³-hybridized carbons (Fsp3) is 0.412. The van der Waals surface area contributed by atoms with Crippen LogP contribution in [0.1, 0.15) is 25.0 Å². The molecular formula is C17H26IN5. The number of nitrogens with zero attached hydrogens (tertiary/aromatic N) is 3. The van der Waals surface area contributed by atoms with Crippen LogP contribution in [0.2, 0.25) is 0 Å². The zero-order valence-electron chi connectivity index (χ0n) is 14.2. The summed E-state index contributed by atoms with van der Waals surface area (Å²) in [7, 11) is 3.70. The number of nitrogens with one attached hydrogen (secondary N) is 2. The predicted octanol–water partition coefficient (Wildman–Crippen LogP) is 2.68. The summed E-state index contributed by atoms with van der Waals surface area (Å²) in [5.41, 5.74) is 2.48. The van der Waals surface area contributed by atoms with Crippen LogP contribution >= 0.6 is 24.0 Å². The molecule has 23 heavy (non-hydrogen) atoms. The van der Waals surface area contributed by atoms with E-state index in [4.69, 9.17) is 0 Å². The van der Waals surface area contributed by atoms with Gasteiger partial charge in [0.15, 0.2) is 5.96 Å². The van der Waals surface area contributed by atoms with Gasteiger partial charge < -0.3 is 10.6 Å². The molecule has 0 saturated heterocycles. The monoisotopic (exact) mass is 427 g/mol. The molecule has 0 fully saturated rings. The Bertz CT molecular complexity index is 619. The summed E-state index contributed by atoms with van der Waals surface area (Å²) in [5, 5.41) is 10.9. The highest BCUT2D eigenvalue weighted by Gasteiger charge is 2.20. The summed E-state index contributed by atoms with van der Waals surface area (Å²) in [6.07, 6.45) is 3.85. The van der Waals surface area contributed by atoms with E-state index in [0.29, 0.717) is 6.54 Å². The van der Waals surface area contributed by atoms with Crippen LogP contribution in [0.15, 0.2) is 47.7 Å². The van der Waals surface area contributed by atoms with Crippen LogP contribution in [0.3, 0.4) is 0 Å². The standard InChI is InChI=1S/C17H25N5.HI/c1-17(2,15-8-6-5-7-9-15)13-20-16(18-3)19-10-14-11-21-22(4)12-14;/h5-9,11-12H,10,13H2,1-4H3,(H2,18,19,20);1H. The van der Waals surface area contributed by atoms with Crippen molar-refractivity contribution >= 4 is 29.9 Å². The van der Waals surface area contributed by atoms with Crippen molar-refractivity contribution in [2.24, 2.45) is 12.0 Å². The molecule has 0 unspecified atom stereocenters. The van der Waals surface area contributed by atoms with E-state index in [1.165, 1.54) is 5.56 Å². The third-order valence-electron chi connectivity index (χ3n) is 3.69. The number of aliphatic imine (C=N–C) groups is 1. The van der Waals surface area contributed by atoms with E-state index in [-0.39, 0.29) is 29.4 Å². The van der Waals surface area contributed by atoms with Gasteiger partial charge in [0.2, 0.25) is 0 Å². The quantitative estimate of drug-likeness (QED) is 0.439. The Hall–Kier alpha value is -1.57. The lowest BCUT2D eigenvalue weighted by Crippen LogP contribution is -2.43. The summed E-state index contributed by atoms with van der Waals surface area (Å²) in [4.78, 5) is 4.27. The van der Waals surface area contributed by atoms with Gasteiger partial charge in [-0.05, 0) is 5.56 Å². The van der Waals surface area contributed by atoms with Crippen molar-refractivity contribution < 1.29 is 0 Å². The normalized spacial score (nSPS) is 11.7. The summed E-state index contributed by atoms with van der Waals surface area (Å²) in [5.74, 6) is 0.799. The van der Waals surface area contributed by atoms with Gasteiger partial charge in [-0.3, -0.25) is 9.67 Å². The van der Waals surface area contributed by atoms with E-state index >= 15 is 0 Å². The number of hydrogen-bond donors (Lipinski definition) is 2. The molecule has 1 aromatic heterocycles. The minimum absolute atomic E-state index is 0. The number of aryl methyl sites for hydroxylation is 1. The number of hydrogen-bond acceptors (Lipinski definition) is 2. The van der Waals surface area contributed by atoms with Crippen molar-refractivity contribution in [3.8, 4) is 0 Å². The molecule has 0 aliphatic heterocycles. The molecule has 0 saturated carbocycles. The van der Waals surface area contributed by atoms with Gasteiger partial charge >= 0.3 is 0 Å². The highest BCUT2D eigenvalue weighted by atomic mass is 127. The van der Waals surface area contributed by atoms with Crippen molar-refractivity contribution in [2.45, 2.75) is 25.8 Å². The molecule has 2 rings (SSSR count). The van der Waals surface area contributed by atoms with Crippen LogP contribution in [0.4, 0.5) is 0 Å². The average molecular weight is 427 g/mol. The molecule has 0 amide bonds. The van der Waals surface area contributed by atoms with Gasteiger partial charge in [-0.25, -0.2) is 0 Å². The molecule has 0 aliphatic rings. The number of guanidine groups is 1. The summed E-state index contributed by atoms with van der Waals surface area (Å²) in [6, 6.07) is 10.5. The number of rotatable bonds is 5. The lowest BCUT2D eigenvalue weighted by atomic mass is 9.85. The molecule has 0 bridgehead atoms. The van der Waals surface area contributed by atoms with Crippen LogP contribution in [0, 0.1) is 0 Å². The van der Waals surface area contributed by atoms with Crippen LogP contribution in [-0.4, -0.2) is 29.3 Å². The van der Waals surface area contributed by atoms with Crippen LogP contribution in [-0.2, 0) is 19.0 Å². The van der Waals surface area contributed by atoms with Crippen molar-refractivity contribution in [3.63, 3.8) is 0 Å². The van der Waals surface area contributed by atoms with Gasteiger partial charge in [0, 0.05) is 44.4 Å². The largest absolute Gasteiger partial charge is 0.356 e. The van der Waals surface area contributed by atoms with Crippen molar-refractivity contribution in [1.82, 2.24) is 20.4 Å². The zero-order valence-corrected chi connectivity index (χ0v) is 16.5. The van der Waals surface area contributed by atoms with Crippen molar-refractivity contribution in [2.75, 3.05) is 13.6 Å². The van der Waals surface area contributed by atoms with Crippen LogP contribution < -0.4 is 10.6 Å². The first-order chi connectivity index (χ1) is 10.5. The van der Waals surface area contributed by atoms with Crippen LogP contribution in [0.5, 0.6) is 0 Å². The SMILES string of the molecule is CN=C(NCc1cnn(C)c1)NCC(C)(C)c1ccccc1.I. The zero-order chi connectivity index (χ0) is 16.0. The fourth-order valence-electron chi connectivity index (χ4n) is 2.27. The summed E-state index contributed by atoms with van der Waals surface area (Å²) in [6.45, 7) is 5.97. The molecule has 0 aliphatic carbocycles.